The van der Waals surface area contributed by atoms with E-state index in [0.29, 0.717) is 49.2 Å². The van der Waals surface area contributed by atoms with Crippen LogP contribution < -0.4 is 28.6 Å². The molecule has 1 saturated heterocycles. The van der Waals surface area contributed by atoms with Crippen LogP contribution in [0.1, 0.15) is 5.56 Å². The first-order valence-electron chi connectivity index (χ1n) is 8.78. The van der Waals surface area contributed by atoms with Crippen LogP contribution in [0.15, 0.2) is 35.2 Å². The highest BCUT2D eigenvalue weighted by atomic mass is 32.2. The van der Waals surface area contributed by atoms with Gasteiger partial charge in [0, 0.05) is 11.6 Å². The van der Waals surface area contributed by atoms with Gasteiger partial charge in [0.15, 0.2) is 15.8 Å². The summed E-state index contributed by atoms with van der Waals surface area (Å²) < 4.78 is 27.3. The van der Waals surface area contributed by atoms with Crippen molar-refractivity contribution in [2.45, 2.75) is 0 Å². The zero-order chi connectivity index (χ0) is 21.8. The third-order valence-electron chi connectivity index (χ3n) is 4.44. The Bertz CT molecular complexity index is 1020. The van der Waals surface area contributed by atoms with Crippen LogP contribution in [0.4, 0.5) is 5.69 Å². The lowest BCUT2D eigenvalue weighted by Crippen LogP contribution is -2.27. The molecule has 158 valence electrons. The number of thiocarbonyl (C=S) groups is 1. The molecule has 1 aliphatic rings. The molecule has 30 heavy (non-hydrogen) atoms. The fourth-order valence-corrected chi connectivity index (χ4v) is 4.30. The smallest absolute Gasteiger partial charge is 0.270 e. The third-order valence-corrected chi connectivity index (χ3v) is 5.74. The van der Waals surface area contributed by atoms with E-state index in [4.69, 9.17) is 35.9 Å². The Balaban J connectivity index is 2.03. The highest BCUT2D eigenvalue weighted by Gasteiger charge is 2.35. The summed E-state index contributed by atoms with van der Waals surface area (Å²) in [6.07, 6.45) is 1.72. The Morgan fingerprint density at radius 3 is 2.17 bits per heavy atom. The summed E-state index contributed by atoms with van der Waals surface area (Å²) in [5, 5.41) is 0. The fraction of sp³-hybridized carbons (Fsp3) is 0.238. The van der Waals surface area contributed by atoms with Gasteiger partial charge in [-0.15, -0.1) is 0 Å². The van der Waals surface area contributed by atoms with Crippen LogP contribution in [0, 0.1) is 0 Å². The maximum Gasteiger partial charge on any atom is 0.270 e. The monoisotopic (exact) mass is 447 g/mol. The van der Waals surface area contributed by atoms with Gasteiger partial charge in [0.1, 0.15) is 11.5 Å². The van der Waals surface area contributed by atoms with Gasteiger partial charge in [-0.1, -0.05) is 24.0 Å². The van der Waals surface area contributed by atoms with E-state index in [1.165, 1.54) is 38.0 Å². The molecule has 0 saturated carbocycles. The van der Waals surface area contributed by atoms with Crippen molar-refractivity contribution in [3.63, 3.8) is 0 Å². The van der Waals surface area contributed by atoms with E-state index >= 15 is 0 Å². The van der Waals surface area contributed by atoms with Crippen LogP contribution in [0.3, 0.4) is 0 Å². The van der Waals surface area contributed by atoms with Crippen LogP contribution >= 0.6 is 24.0 Å². The third kappa shape index (κ3) is 3.90. The minimum absolute atomic E-state index is 0.259. The van der Waals surface area contributed by atoms with Crippen molar-refractivity contribution in [3.8, 4) is 28.7 Å². The van der Waals surface area contributed by atoms with Gasteiger partial charge < -0.3 is 23.7 Å². The van der Waals surface area contributed by atoms with E-state index < -0.39 is 0 Å². The number of amides is 1. The summed E-state index contributed by atoms with van der Waals surface area (Å²) in [6.45, 7) is 0. The quantitative estimate of drug-likeness (QED) is 0.464. The average Bonchev–Trinajstić information content (AvgIpc) is 3.05. The second kappa shape index (κ2) is 9.27. The van der Waals surface area contributed by atoms with Gasteiger partial charge in [-0.2, -0.15) is 0 Å². The average molecular weight is 448 g/mol. The number of carbonyl (C=O) groups is 1. The molecule has 0 N–H and O–H groups in total. The Hall–Kier alpha value is -2.91. The van der Waals surface area contributed by atoms with E-state index in [0.717, 1.165) is 0 Å². The molecule has 9 heteroatoms. The summed E-state index contributed by atoms with van der Waals surface area (Å²) in [7, 11) is 7.69. The Morgan fingerprint density at radius 1 is 0.867 bits per heavy atom. The van der Waals surface area contributed by atoms with E-state index in [-0.39, 0.29) is 5.91 Å². The van der Waals surface area contributed by atoms with Gasteiger partial charge in [0.05, 0.1) is 46.1 Å². The molecule has 0 aromatic heterocycles. The lowest BCUT2D eigenvalue weighted by molar-refractivity contribution is -0.113. The molecule has 1 amide bonds. The summed E-state index contributed by atoms with van der Waals surface area (Å²) in [4.78, 5) is 15.1. The minimum atomic E-state index is -0.259. The molecular weight excluding hydrogens is 426 g/mol. The fourth-order valence-electron chi connectivity index (χ4n) is 3.02. The number of carbonyl (C=O) groups excluding carboxylic acids is 1. The predicted molar refractivity (Wildman–Crippen MR) is 121 cm³/mol. The molecule has 0 radical (unpaired) electrons. The van der Waals surface area contributed by atoms with Gasteiger partial charge in [-0.25, -0.2) is 0 Å². The maximum atomic E-state index is 13.2. The van der Waals surface area contributed by atoms with Crippen molar-refractivity contribution in [3.05, 3.63) is 40.8 Å². The van der Waals surface area contributed by atoms with Crippen LogP contribution in [-0.4, -0.2) is 45.8 Å². The number of nitrogens with zero attached hydrogens (tertiary/aromatic N) is 1. The lowest BCUT2D eigenvalue weighted by atomic mass is 10.1. The Labute approximate surface area is 184 Å². The molecule has 0 bridgehead atoms. The number of thioether (sulfide) groups is 1. The highest BCUT2D eigenvalue weighted by molar-refractivity contribution is 8.27. The number of ether oxygens (including phenoxy) is 5. The standard InChI is InChI=1S/C21H21NO6S2/c1-24-13-7-8-14(16(11-13)26-3)22-20(23)17(30-21(22)29)10-12-6-9-15(25-2)19(28-5)18(12)27-4/h6-11H,1-5H3/b17-10-. The van der Waals surface area contributed by atoms with Crippen molar-refractivity contribution in [2.24, 2.45) is 0 Å². The van der Waals surface area contributed by atoms with Crippen LogP contribution in [0.2, 0.25) is 0 Å². The molecule has 0 unspecified atom stereocenters. The van der Waals surface area contributed by atoms with Crippen LogP contribution in [0.25, 0.3) is 6.08 Å². The summed E-state index contributed by atoms with van der Waals surface area (Å²) >= 11 is 6.67. The van der Waals surface area contributed by atoms with Gasteiger partial charge in [0.2, 0.25) is 5.75 Å². The minimum Gasteiger partial charge on any atom is -0.497 e. The highest BCUT2D eigenvalue weighted by Crippen LogP contribution is 2.44. The number of methoxy groups -OCH3 is 5. The lowest BCUT2D eigenvalue weighted by Gasteiger charge is -2.18. The van der Waals surface area contributed by atoms with Gasteiger partial charge in [0.25, 0.3) is 5.91 Å². The van der Waals surface area contributed by atoms with Gasteiger partial charge in [-0.05, 0) is 30.3 Å². The number of rotatable bonds is 7. The van der Waals surface area contributed by atoms with E-state index in [1.54, 1.807) is 50.6 Å². The molecule has 2 aromatic rings. The molecule has 3 rings (SSSR count). The van der Waals surface area contributed by atoms with Crippen LogP contribution in [-0.2, 0) is 4.79 Å². The van der Waals surface area contributed by atoms with Crippen molar-refractivity contribution in [2.75, 3.05) is 40.4 Å². The van der Waals surface area contributed by atoms with Crippen LogP contribution in [0.5, 0.6) is 28.7 Å². The van der Waals surface area contributed by atoms with Crippen molar-refractivity contribution in [1.82, 2.24) is 0 Å². The number of benzene rings is 2. The first-order valence-corrected chi connectivity index (χ1v) is 10.00. The van der Waals surface area contributed by atoms with E-state index in [9.17, 15) is 4.79 Å². The summed E-state index contributed by atoms with van der Waals surface area (Å²) in [5.41, 5.74) is 1.21. The molecule has 0 atom stereocenters. The molecule has 0 aliphatic carbocycles. The molecule has 2 aromatic carbocycles. The SMILES string of the molecule is COc1ccc(N2C(=O)/C(=C/c3ccc(OC)c(OC)c3OC)SC2=S)c(OC)c1. The molecule has 1 aliphatic heterocycles. The zero-order valence-electron chi connectivity index (χ0n) is 17.2. The predicted octanol–water partition coefficient (Wildman–Crippen LogP) is 4.14. The zero-order valence-corrected chi connectivity index (χ0v) is 18.8. The molecule has 7 nitrogen and oxygen atoms in total. The van der Waals surface area contributed by atoms with E-state index in [1.807, 2.05) is 0 Å². The van der Waals surface area contributed by atoms with Gasteiger partial charge in [-0.3, -0.25) is 9.69 Å². The molecular formula is C21H21NO6S2. The second-order valence-corrected chi connectivity index (χ2v) is 7.65. The van der Waals surface area contributed by atoms with Crippen molar-refractivity contribution >= 4 is 46.0 Å². The second-order valence-electron chi connectivity index (χ2n) is 5.98. The van der Waals surface area contributed by atoms with Gasteiger partial charge >= 0.3 is 0 Å². The first kappa shape index (κ1) is 21.8. The largest absolute Gasteiger partial charge is 0.497 e. The number of anilines is 1. The Kier molecular flexibility index (Phi) is 6.73. The molecule has 1 heterocycles. The number of hydrogen-bond acceptors (Lipinski definition) is 8. The maximum absolute atomic E-state index is 13.2. The van der Waals surface area contributed by atoms with Crippen molar-refractivity contribution in [1.29, 1.82) is 0 Å². The van der Waals surface area contributed by atoms with E-state index in [2.05, 4.69) is 0 Å². The summed E-state index contributed by atoms with van der Waals surface area (Å²) in [6, 6.07) is 8.73. The Morgan fingerprint density at radius 2 is 1.57 bits per heavy atom. The topological polar surface area (TPSA) is 66.5 Å². The number of hydrogen-bond donors (Lipinski definition) is 0. The molecule has 1 fully saturated rings. The first-order chi connectivity index (χ1) is 14.5. The normalized spacial score (nSPS) is 14.8. The molecule has 0 spiro atoms. The van der Waals surface area contributed by atoms with Crippen molar-refractivity contribution < 1.29 is 28.5 Å². The summed E-state index contributed by atoms with van der Waals surface area (Å²) in [5.74, 6) is 2.28.